The number of carboxylic acids is 9. The van der Waals surface area contributed by atoms with Gasteiger partial charge in [-0.2, -0.15) is 0 Å². The molecule has 0 aromatic heterocycles. The molecule has 0 saturated carbocycles. The first kappa shape index (κ1) is 50.8. The van der Waals surface area contributed by atoms with E-state index in [-0.39, 0.29) is 37.2 Å². The van der Waals surface area contributed by atoms with Gasteiger partial charge in [0.05, 0.1) is 38.5 Å². The van der Waals surface area contributed by atoms with Crippen molar-refractivity contribution < 1.29 is 104 Å². The van der Waals surface area contributed by atoms with Crippen LogP contribution < -0.4 is 0 Å². The van der Waals surface area contributed by atoms with Crippen LogP contribution in [0.3, 0.4) is 0 Å². The lowest BCUT2D eigenvalue weighted by Crippen LogP contribution is -2.42. The van der Waals surface area contributed by atoms with Crippen molar-refractivity contribution in [3.05, 3.63) is 0 Å². The average molecular weight is 686 g/mol. The Bertz CT molecular complexity index is 821. The van der Waals surface area contributed by atoms with E-state index in [1.54, 1.807) is 0 Å². The lowest BCUT2D eigenvalue weighted by atomic mass is 9.96. The van der Waals surface area contributed by atoms with E-state index in [1.165, 1.54) is 0 Å². The molecule has 0 rings (SSSR count). The zero-order valence-electron chi connectivity index (χ0n) is 20.5. The number of carboxylic acid groups (broad SMARTS) is 9. The Hall–Kier alpha value is -4.02. The fourth-order valence-electron chi connectivity index (χ4n) is 2.14. The molecule has 0 radical (unpaired) electrons. The molecule has 0 aromatic carbocycles. The van der Waals surface area contributed by atoms with Crippen molar-refractivity contribution in [1.29, 1.82) is 0 Å². The summed E-state index contributed by atoms with van der Waals surface area (Å²) in [5, 5.41) is 101. The van der Waals surface area contributed by atoms with Crippen LogP contribution in [-0.4, -0.2) is 132 Å². The monoisotopic (exact) mass is 684 g/mol. The van der Waals surface area contributed by atoms with E-state index in [1.807, 2.05) is 0 Å². The molecule has 0 bridgehead atoms. The van der Waals surface area contributed by atoms with Crippen LogP contribution in [-0.2, 0) is 43.2 Å². The van der Waals surface area contributed by atoms with Gasteiger partial charge in [0, 0.05) is 0 Å². The standard InChI is InChI=1S/3C6H8O7.3ClH/c3*7-3(8)1-6(13,5(11)12)2-4(9)10;;;/h3*13H,1-2H2,(H,7,8)(H,9,10)(H,11,12);3*1H. The van der Waals surface area contributed by atoms with Crippen LogP contribution >= 0.6 is 37.2 Å². The third-order valence-corrected chi connectivity index (χ3v) is 3.86. The zero-order valence-corrected chi connectivity index (χ0v) is 23.0. The maximum atomic E-state index is 10.3. The number of hydrogen-bond donors (Lipinski definition) is 12. The third-order valence-electron chi connectivity index (χ3n) is 3.86. The smallest absolute Gasteiger partial charge is 0.336 e. The quantitative estimate of drug-likeness (QED) is 0.0848. The third kappa shape index (κ3) is 22.8. The topological polar surface area (TPSA) is 396 Å². The summed E-state index contributed by atoms with van der Waals surface area (Å²) in [6.07, 6.45) is -6.87. The number of aliphatic carboxylic acids is 9. The molecule has 12 N–H and O–H groups in total. The van der Waals surface area contributed by atoms with Crippen LogP contribution in [0.25, 0.3) is 0 Å². The number of hydrogen-bond acceptors (Lipinski definition) is 12. The average Bonchev–Trinajstić information content (AvgIpc) is 2.64. The van der Waals surface area contributed by atoms with Gasteiger partial charge >= 0.3 is 53.7 Å². The highest BCUT2D eigenvalue weighted by atomic mass is 35.5. The highest BCUT2D eigenvalue weighted by molar-refractivity contribution is 5.89. The number of aliphatic hydroxyl groups is 3. The molecule has 24 heteroatoms. The second kappa shape index (κ2) is 21.7. The Morgan fingerprint density at radius 2 is 0.405 bits per heavy atom. The predicted molar refractivity (Wildman–Crippen MR) is 133 cm³/mol. The SMILES string of the molecule is Cl.Cl.Cl.O=C(O)CC(O)(CC(=O)O)C(=O)O.O=C(O)CC(O)(CC(=O)O)C(=O)O.O=C(O)CC(O)(CC(=O)O)C(=O)O. The molecule has 0 spiro atoms. The van der Waals surface area contributed by atoms with E-state index in [9.17, 15) is 43.2 Å². The van der Waals surface area contributed by atoms with E-state index in [0.717, 1.165) is 0 Å². The summed E-state index contributed by atoms with van der Waals surface area (Å²) in [7, 11) is 0. The summed E-state index contributed by atoms with van der Waals surface area (Å²) >= 11 is 0. The summed E-state index contributed by atoms with van der Waals surface area (Å²) in [4.78, 5) is 91.5. The molecule has 246 valence electrons. The fourth-order valence-corrected chi connectivity index (χ4v) is 2.14. The zero-order chi connectivity index (χ0) is 31.9. The van der Waals surface area contributed by atoms with Crippen molar-refractivity contribution in [1.82, 2.24) is 0 Å². The Morgan fingerprint density at radius 3 is 0.452 bits per heavy atom. The van der Waals surface area contributed by atoms with Crippen LogP contribution in [0.1, 0.15) is 38.5 Å². The Labute approximate surface area is 250 Å². The van der Waals surface area contributed by atoms with Crippen LogP contribution in [0, 0.1) is 0 Å². The minimum atomic E-state index is -2.74. The van der Waals surface area contributed by atoms with Gasteiger partial charge in [-0.1, -0.05) is 0 Å². The largest absolute Gasteiger partial charge is 0.481 e. The molecular weight excluding hydrogens is 659 g/mol. The first-order valence-corrected chi connectivity index (χ1v) is 9.51. The van der Waals surface area contributed by atoms with Crippen LogP contribution in [0.15, 0.2) is 0 Å². The van der Waals surface area contributed by atoms with E-state index in [4.69, 9.17) is 61.3 Å². The first-order valence-electron chi connectivity index (χ1n) is 9.51. The molecule has 0 aliphatic carbocycles. The molecule has 0 amide bonds. The molecule has 0 unspecified atom stereocenters. The molecule has 0 aliphatic heterocycles. The van der Waals surface area contributed by atoms with Crippen molar-refractivity contribution in [2.75, 3.05) is 0 Å². The summed E-state index contributed by atoms with van der Waals surface area (Å²) in [5.74, 6) is -15.1. The van der Waals surface area contributed by atoms with Crippen LogP contribution in [0.4, 0.5) is 0 Å². The van der Waals surface area contributed by atoms with Gasteiger partial charge < -0.3 is 61.3 Å². The van der Waals surface area contributed by atoms with Crippen molar-refractivity contribution in [2.24, 2.45) is 0 Å². The van der Waals surface area contributed by atoms with E-state index < -0.39 is 109 Å². The van der Waals surface area contributed by atoms with Gasteiger partial charge in [-0.3, -0.25) is 28.8 Å². The maximum absolute atomic E-state index is 10.3. The number of rotatable bonds is 15. The lowest BCUT2D eigenvalue weighted by Gasteiger charge is -2.18. The van der Waals surface area contributed by atoms with Gasteiger partial charge in [0.1, 0.15) is 0 Å². The number of halogens is 3. The molecule has 0 atom stereocenters. The number of carbonyl (C=O) groups is 9. The van der Waals surface area contributed by atoms with Crippen LogP contribution in [0.5, 0.6) is 0 Å². The second-order valence-electron chi connectivity index (χ2n) is 7.43. The minimum Gasteiger partial charge on any atom is -0.481 e. The highest BCUT2D eigenvalue weighted by Gasteiger charge is 2.42. The van der Waals surface area contributed by atoms with Gasteiger partial charge in [0.15, 0.2) is 16.8 Å². The second-order valence-corrected chi connectivity index (χ2v) is 7.43. The van der Waals surface area contributed by atoms with Gasteiger partial charge in [0.2, 0.25) is 0 Å². The predicted octanol–water partition coefficient (Wildman–Crippen LogP) is -2.48. The molecular formula is C18H27Cl3O21. The van der Waals surface area contributed by atoms with E-state index >= 15 is 0 Å². The molecule has 0 heterocycles. The fraction of sp³-hybridized carbons (Fsp3) is 0.500. The summed E-state index contributed by atoms with van der Waals surface area (Å²) < 4.78 is 0. The van der Waals surface area contributed by atoms with Gasteiger partial charge in [-0.05, 0) is 0 Å². The first-order chi connectivity index (χ1) is 17.3. The molecule has 0 aromatic rings. The Kier molecular flexibility index (Phi) is 26.2. The molecule has 42 heavy (non-hydrogen) atoms. The van der Waals surface area contributed by atoms with E-state index in [2.05, 4.69) is 0 Å². The molecule has 0 fully saturated rings. The minimum absolute atomic E-state index is 0. The van der Waals surface area contributed by atoms with Gasteiger partial charge in [-0.15, -0.1) is 37.2 Å². The van der Waals surface area contributed by atoms with E-state index in [0.29, 0.717) is 0 Å². The summed E-state index contributed by atoms with van der Waals surface area (Å²) in [5.41, 5.74) is -8.22. The van der Waals surface area contributed by atoms with Crippen LogP contribution in [0.2, 0.25) is 0 Å². The van der Waals surface area contributed by atoms with Crippen molar-refractivity contribution in [2.45, 2.75) is 55.3 Å². The van der Waals surface area contributed by atoms with Crippen molar-refractivity contribution >= 4 is 90.9 Å². The Morgan fingerprint density at radius 1 is 0.310 bits per heavy atom. The molecule has 21 nitrogen and oxygen atoms in total. The molecule has 0 saturated heterocycles. The lowest BCUT2D eigenvalue weighted by molar-refractivity contribution is -0.170. The van der Waals surface area contributed by atoms with Gasteiger partial charge in [-0.25, -0.2) is 14.4 Å². The van der Waals surface area contributed by atoms with Crippen molar-refractivity contribution in [3.63, 3.8) is 0 Å². The summed E-state index contributed by atoms with van der Waals surface area (Å²) in [6, 6.07) is 0. The van der Waals surface area contributed by atoms with Crippen molar-refractivity contribution in [3.8, 4) is 0 Å². The van der Waals surface area contributed by atoms with Gasteiger partial charge in [0.25, 0.3) is 0 Å². The maximum Gasteiger partial charge on any atom is 0.336 e. The highest BCUT2D eigenvalue weighted by Crippen LogP contribution is 2.17. The molecule has 0 aliphatic rings. The normalized spacial score (nSPS) is 10.1. The Balaban J connectivity index is -0.000000112. The summed E-state index contributed by atoms with van der Waals surface area (Å²) in [6.45, 7) is 0.